The highest BCUT2D eigenvalue weighted by Crippen LogP contribution is 2.26. The fraction of sp³-hybridized carbons (Fsp3) is 0.286. The second-order valence-electron chi connectivity index (χ2n) is 3.96. The summed E-state index contributed by atoms with van der Waals surface area (Å²) >= 11 is 6.07. The van der Waals surface area contributed by atoms with Crippen LogP contribution in [0.25, 0.3) is 0 Å². The first-order valence-electron chi connectivity index (χ1n) is 5.93. The van der Waals surface area contributed by atoms with Crippen LogP contribution in [0.2, 0.25) is 5.02 Å². The summed E-state index contributed by atoms with van der Waals surface area (Å²) in [5, 5.41) is 0.757. The Bertz CT molecular complexity index is 497. The molecular weight excluding hydrogens is 250 g/mol. The Labute approximate surface area is 111 Å². The van der Waals surface area contributed by atoms with Crippen molar-refractivity contribution in [2.45, 2.75) is 19.4 Å². The van der Waals surface area contributed by atoms with Crippen LogP contribution in [0.4, 0.5) is 0 Å². The molecular formula is C14H16ClNO2. The van der Waals surface area contributed by atoms with Crippen LogP contribution in [0.3, 0.4) is 0 Å². The maximum atomic E-state index is 6.07. The molecule has 1 atom stereocenters. The van der Waals surface area contributed by atoms with Crippen LogP contribution in [0, 0.1) is 0 Å². The van der Waals surface area contributed by atoms with Gasteiger partial charge in [0.1, 0.15) is 11.5 Å². The molecule has 2 rings (SSSR count). The molecule has 0 amide bonds. The van der Waals surface area contributed by atoms with Crippen molar-refractivity contribution in [1.29, 1.82) is 0 Å². The molecule has 0 bridgehead atoms. The van der Waals surface area contributed by atoms with Crippen molar-refractivity contribution < 1.29 is 9.15 Å². The van der Waals surface area contributed by atoms with Gasteiger partial charge in [0.25, 0.3) is 0 Å². The van der Waals surface area contributed by atoms with Crippen LogP contribution >= 0.6 is 11.6 Å². The van der Waals surface area contributed by atoms with Gasteiger partial charge in [0, 0.05) is 11.6 Å². The number of ether oxygens (including phenoxy) is 1. The van der Waals surface area contributed by atoms with Crippen LogP contribution in [0.1, 0.15) is 24.4 Å². The standard InChI is InChI=1S/C14H16ClNO2/c1-2-10-8-11(5-6-12(10)15)18-14(9-16)13-4-3-7-17-13/h3-8,14H,2,9,16H2,1H3. The number of rotatable bonds is 5. The average molecular weight is 266 g/mol. The molecule has 0 spiro atoms. The van der Waals surface area contributed by atoms with Gasteiger partial charge in [0.05, 0.1) is 6.26 Å². The Hall–Kier alpha value is -1.45. The van der Waals surface area contributed by atoms with Crippen molar-refractivity contribution in [3.63, 3.8) is 0 Å². The van der Waals surface area contributed by atoms with Crippen molar-refractivity contribution in [2.24, 2.45) is 5.73 Å². The highest BCUT2D eigenvalue weighted by molar-refractivity contribution is 6.31. The maximum absolute atomic E-state index is 6.07. The van der Waals surface area contributed by atoms with E-state index >= 15 is 0 Å². The molecule has 2 aromatic rings. The smallest absolute Gasteiger partial charge is 0.168 e. The Morgan fingerprint density at radius 2 is 2.22 bits per heavy atom. The van der Waals surface area contributed by atoms with Gasteiger partial charge in [-0.15, -0.1) is 0 Å². The van der Waals surface area contributed by atoms with E-state index in [4.69, 9.17) is 26.5 Å². The van der Waals surface area contributed by atoms with Gasteiger partial charge in [-0.2, -0.15) is 0 Å². The van der Waals surface area contributed by atoms with E-state index in [1.54, 1.807) is 6.26 Å². The summed E-state index contributed by atoms with van der Waals surface area (Å²) in [6.45, 7) is 2.41. The Morgan fingerprint density at radius 1 is 1.39 bits per heavy atom. The minimum Gasteiger partial charge on any atom is -0.481 e. The number of furan rings is 1. The number of hydrogen-bond acceptors (Lipinski definition) is 3. The second-order valence-corrected chi connectivity index (χ2v) is 4.37. The third kappa shape index (κ3) is 2.86. The van der Waals surface area contributed by atoms with Crippen molar-refractivity contribution >= 4 is 11.6 Å². The van der Waals surface area contributed by atoms with E-state index in [0.717, 1.165) is 28.5 Å². The van der Waals surface area contributed by atoms with Crippen molar-refractivity contribution in [3.05, 3.63) is 52.9 Å². The summed E-state index contributed by atoms with van der Waals surface area (Å²) in [6, 6.07) is 9.29. The third-order valence-corrected chi connectivity index (χ3v) is 3.12. The molecule has 2 N–H and O–H groups in total. The van der Waals surface area contributed by atoms with E-state index in [1.807, 2.05) is 30.3 Å². The molecule has 1 aromatic carbocycles. The lowest BCUT2D eigenvalue weighted by Crippen LogP contribution is -2.17. The molecule has 0 radical (unpaired) electrons. The molecule has 0 aliphatic rings. The summed E-state index contributed by atoms with van der Waals surface area (Å²) < 4.78 is 11.1. The Morgan fingerprint density at radius 3 is 2.83 bits per heavy atom. The lowest BCUT2D eigenvalue weighted by Gasteiger charge is -2.16. The highest BCUT2D eigenvalue weighted by Gasteiger charge is 2.14. The normalized spacial score (nSPS) is 12.4. The summed E-state index contributed by atoms with van der Waals surface area (Å²) in [7, 11) is 0. The monoisotopic (exact) mass is 265 g/mol. The molecule has 0 aliphatic heterocycles. The lowest BCUT2D eigenvalue weighted by molar-refractivity contribution is 0.184. The zero-order chi connectivity index (χ0) is 13.0. The summed E-state index contributed by atoms with van der Waals surface area (Å²) in [4.78, 5) is 0. The molecule has 0 saturated carbocycles. The Balaban J connectivity index is 2.17. The quantitative estimate of drug-likeness (QED) is 0.899. The predicted molar refractivity (Wildman–Crippen MR) is 72.0 cm³/mol. The minimum absolute atomic E-state index is 0.272. The molecule has 0 fully saturated rings. The molecule has 1 heterocycles. The SMILES string of the molecule is CCc1cc(OC(CN)c2ccco2)ccc1Cl. The van der Waals surface area contributed by atoms with Crippen LogP contribution < -0.4 is 10.5 Å². The van der Waals surface area contributed by atoms with Crippen molar-refractivity contribution in [2.75, 3.05) is 6.54 Å². The van der Waals surface area contributed by atoms with E-state index in [1.165, 1.54) is 0 Å². The van der Waals surface area contributed by atoms with Gasteiger partial charge < -0.3 is 14.9 Å². The molecule has 18 heavy (non-hydrogen) atoms. The first kappa shape index (κ1) is 13.0. The molecule has 96 valence electrons. The zero-order valence-corrected chi connectivity index (χ0v) is 11.0. The molecule has 3 nitrogen and oxygen atoms in total. The number of halogens is 1. The van der Waals surface area contributed by atoms with E-state index in [9.17, 15) is 0 Å². The van der Waals surface area contributed by atoms with E-state index < -0.39 is 0 Å². The second kappa shape index (κ2) is 5.94. The third-order valence-electron chi connectivity index (χ3n) is 2.75. The number of nitrogens with two attached hydrogens (primary N) is 1. The summed E-state index contributed by atoms with van der Waals surface area (Å²) in [5.74, 6) is 1.48. The fourth-order valence-electron chi connectivity index (χ4n) is 1.76. The molecule has 1 unspecified atom stereocenters. The van der Waals surface area contributed by atoms with Gasteiger partial charge in [0.2, 0.25) is 0 Å². The maximum Gasteiger partial charge on any atom is 0.168 e. The van der Waals surface area contributed by atoms with Crippen LogP contribution in [0.15, 0.2) is 41.0 Å². The van der Waals surface area contributed by atoms with Crippen molar-refractivity contribution in [3.8, 4) is 5.75 Å². The van der Waals surface area contributed by atoms with E-state index in [-0.39, 0.29) is 6.10 Å². The largest absolute Gasteiger partial charge is 0.481 e. The number of hydrogen-bond donors (Lipinski definition) is 1. The van der Waals surface area contributed by atoms with Gasteiger partial charge in [-0.25, -0.2) is 0 Å². The zero-order valence-electron chi connectivity index (χ0n) is 10.2. The first-order valence-corrected chi connectivity index (χ1v) is 6.31. The van der Waals surface area contributed by atoms with E-state index in [2.05, 4.69) is 6.92 Å². The molecule has 1 aromatic heterocycles. The van der Waals surface area contributed by atoms with Crippen LogP contribution in [-0.2, 0) is 6.42 Å². The van der Waals surface area contributed by atoms with Crippen LogP contribution in [-0.4, -0.2) is 6.54 Å². The predicted octanol–water partition coefficient (Wildman–Crippen LogP) is 3.57. The summed E-state index contributed by atoms with van der Waals surface area (Å²) in [6.07, 6.45) is 2.20. The molecule has 4 heteroatoms. The number of benzene rings is 1. The van der Waals surface area contributed by atoms with E-state index in [0.29, 0.717) is 6.54 Å². The average Bonchev–Trinajstić information content (AvgIpc) is 2.91. The molecule has 0 saturated heterocycles. The lowest BCUT2D eigenvalue weighted by atomic mass is 10.1. The first-order chi connectivity index (χ1) is 8.74. The number of aryl methyl sites for hydroxylation is 1. The van der Waals surface area contributed by atoms with Gasteiger partial charge >= 0.3 is 0 Å². The van der Waals surface area contributed by atoms with Gasteiger partial charge in [-0.05, 0) is 42.3 Å². The Kier molecular flexibility index (Phi) is 4.28. The van der Waals surface area contributed by atoms with Gasteiger partial charge in [0.15, 0.2) is 6.10 Å². The topological polar surface area (TPSA) is 48.4 Å². The fourth-order valence-corrected chi connectivity index (χ4v) is 2.01. The summed E-state index contributed by atoms with van der Waals surface area (Å²) in [5.41, 5.74) is 6.76. The van der Waals surface area contributed by atoms with Crippen molar-refractivity contribution in [1.82, 2.24) is 0 Å². The highest BCUT2D eigenvalue weighted by atomic mass is 35.5. The van der Waals surface area contributed by atoms with Crippen LogP contribution in [0.5, 0.6) is 5.75 Å². The van der Waals surface area contributed by atoms with Gasteiger partial charge in [-0.1, -0.05) is 18.5 Å². The molecule has 0 aliphatic carbocycles. The minimum atomic E-state index is -0.272. The van der Waals surface area contributed by atoms with Gasteiger partial charge in [-0.3, -0.25) is 0 Å².